The molecule has 0 atom stereocenters. The van der Waals surface area contributed by atoms with Gasteiger partial charge in [-0.25, -0.2) is 19.2 Å². The van der Waals surface area contributed by atoms with Crippen LogP contribution in [-0.4, -0.2) is 44.3 Å². The van der Waals surface area contributed by atoms with Gasteiger partial charge in [0.05, 0.1) is 22.3 Å². The molecule has 8 heteroatoms. The molecular formula is C20H18O8. The quantitative estimate of drug-likeness (QED) is 0.538. The lowest BCUT2D eigenvalue weighted by molar-refractivity contribution is 0.0620. The van der Waals surface area contributed by atoms with E-state index in [-0.39, 0.29) is 5.56 Å². The largest absolute Gasteiger partial charge is 0.478 e. The maximum absolute atomic E-state index is 11.8. The van der Waals surface area contributed by atoms with Crippen LogP contribution in [0.15, 0.2) is 30.3 Å². The van der Waals surface area contributed by atoms with E-state index >= 15 is 0 Å². The number of aromatic carboxylic acids is 4. The first kappa shape index (κ1) is 20.6. The fraction of sp³-hybridized carbons (Fsp3) is 0.200. The second kappa shape index (κ2) is 8.34. The molecule has 0 aliphatic carbocycles. The first-order valence-corrected chi connectivity index (χ1v) is 8.42. The molecule has 28 heavy (non-hydrogen) atoms. The van der Waals surface area contributed by atoms with Gasteiger partial charge in [-0.1, -0.05) is 37.6 Å². The van der Waals surface area contributed by atoms with Gasteiger partial charge >= 0.3 is 23.9 Å². The third-order valence-corrected chi connectivity index (χ3v) is 4.26. The van der Waals surface area contributed by atoms with Crippen molar-refractivity contribution < 1.29 is 39.6 Å². The van der Waals surface area contributed by atoms with E-state index in [0.717, 1.165) is 24.5 Å². The fourth-order valence-corrected chi connectivity index (χ4v) is 3.01. The van der Waals surface area contributed by atoms with Crippen molar-refractivity contribution in [3.05, 3.63) is 58.1 Å². The number of aryl methyl sites for hydroxylation is 1. The van der Waals surface area contributed by atoms with Gasteiger partial charge in [0.15, 0.2) is 0 Å². The van der Waals surface area contributed by atoms with Crippen molar-refractivity contribution >= 4 is 23.9 Å². The SMILES string of the molecule is CCCCc1cccc(-c2cc(C(=O)O)c(C(=O)O)c(C(=O)O)c2C(=O)O)c1. The summed E-state index contributed by atoms with van der Waals surface area (Å²) in [6.07, 6.45) is 2.52. The Labute approximate surface area is 159 Å². The van der Waals surface area contributed by atoms with Crippen molar-refractivity contribution in [2.75, 3.05) is 0 Å². The van der Waals surface area contributed by atoms with Crippen LogP contribution >= 0.6 is 0 Å². The van der Waals surface area contributed by atoms with Crippen LogP contribution in [-0.2, 0) is 6.42 Å². The summed E-state index contributed by atoms with van der Waals surface area (Å²) >= 11 is 0. The molecule has 0 heterocycles. The van der Waals surface area contributed by atoms with Crippen LogP contribution in [0.2, 0.25) is 0 Å². The topological polar surface area (TPSA) is 149 Å². The Morgan fingerprint density at radius 1 is 0.786 bits per heavy atom. The van der Waals surface area contributed by atoms with Crippen LogP contribution in [0.1, 0.15) is 66.8 Å². The van der Waals surface area contributed by atoms with Crippen molar-refractivity contribution in [3.63, 3.8) is 0 Å². The van der Waals surface area contributed by atoms with Crippen molar-refractivity contribution in [1.29, 1.82) is 0 Å². The van der Waals surface area contributed by atoms with Crippen LogP contribution in [0.25, 0.3) is 11.1 Å². The molecule has 0 saturated heterocycles. The molecule has 0 fully saturated rings. The zero-order valence-corrected chi connectivity index (χ0v) is 14.9. The highest BCUT2D eigenvalue weighted by Gasteiger charge is 2.32. The van der Waals surface area contributed by atoms with Gasteiger partial charge in [0.25, 0.3) is 0 Å². The molecule has 0 aliphatic heterocycles. The molecule has 4 N–H and O–H groups in total. The van der Waals surface area contributed by atoms with E-state index in [2.05, 4.69) is 0 Å². The Morgan fingerprint density at radius 3 is 1.89 bits per heavy atom. The zero-order chi connectivity index (χ0) is 21.0. The molecule has 2 rings (SSSR count). The number of hydrogen-bond donors (Lipinski definition) is 4. The van der Waals surface area contributed by atoms with Crippen LogP contribution in [0.5, 0.6) is 0 Å². The molecular weight excluding hydrogens is 368 g/mol. The summed E-state index contributed by atoms with van der Waals surface area (Å²) in [6, 6.07) is 7.55. The highest BCUT2D eigenvalue weighted by Crippen LogP contribution is 2.32. The minimum absolute atomic E-state index is 0.161. The smallest absolute Gasteiger partial charge is 0.337 e. The van der Waals surface area contributed by atoms with E-state index in [1.54, 1.807) is 12.1 Å². The summed E-state index contributed by atoms with van der Waals surface area (Å²) in [5.41, 5.74) is -2.67. The second-order valence-corrected chi connectivity index (χ2v) is 6.12. The Bertz CT molecular complexity index is 974. The summed E-state index contributed by atoms with van der Waals surface area (Å²) in [4.78, 5) is 46.6. The first-order chi connectivity index (χ1) is 13.2. The van der Waals surface area contributed by atoms with E-state index in [1.165, 1.54) is 6.07 Å². The summed E-state index contributed by atoms with van der Waals surface area (Å²) in [6.45, 7) is 2.01. The average molecular weight is 386 g/mol. The summed E-state index contributed by atoms with van der Waals surface area (Å²) in [5, 5.41) is 37.8. The molecule has 2 aromatic carbocycles. The van der Waals surface area contributed by atoms with Gasteiger partial charge < -0.3 is 20.4 Å². The standard InChI is InChI=1S/C20H18O8/c1-2-3-5-10-6-4-7-11(8-10)12-9-13(17(21)22)15(19(25)26)16(20(27)28)14(12)18(23)24/h4,6-9H,2-3,5H2,1H3,(H,21,22)(H,23,24)(H,25,26)(H,27,28). The lowest BCUT2D eigenvalue weighted by atomic mass is 9.87. The van der Waals surface area contributed by atoms with Gasteiger partial charge in [-0.15, -0.1) is 0 Å². The van der Waals surface area contributed by atoms with Crippen molar-refractivity contribution in [2.45, 2.75) is 26.2 Å². The fourth-order valence-electron chi connectivity index (χ4n) is 3.01. The number of rotatable bonds is 8. The van der Waals surface area contributed by atoms with E-state index in [9.17, 15) is 39.6 Å². The Kier molecular flexibility index (Phi) is 6.15. The van der Waals surface area contributed by atoms with Gasteiger partial charge in [-0.2, -0.15) is 0 Å². The van der Waals surface area contributed by atoms with Gasteiger partial charge in [-0.05, 0) is 35.6 Å². The molecule has 0 aromatic heterocycles. The van der Waals surface area contributed by atoms with Crippen LogP contribution in [0.4, 0.5) is 0 Å². The Hall–Kier alpha value is -3.68. The van der Waals surface area contributed by atoms with E-state index in [1.807, 2.05) is 13.0 Å². The molecule has 0 aliphatic rings. The summed E-state index contributed by atoms with van der Waals surface area (Å²) < 4.78 is 0. The molecule has 0 unspecified atom stereocenters. The predicted molar refractivity (Wildman–Crippen MR) is 98.3 cm³/mol. The van der Waals surface area contributed by atoms with Crippen LogP contribution < -0.4 is 0 Å². The Morgan fingerprint density at radius 2 is 1.39 bits per heavy atom. The lowest BCUT2D eigenvalue weighted by Crippen LogP contribution is -2.20. The number of carboxylic acids is 4. The second-order valence-electron chi connectivity index (χ2n) is 6.12. The normalized spacial score (nSPS) is 10.5. The first-order valence-electron chi connectivity index (χ1n) is 8.42. The highest BCUT2D eigenvalue weighted by atomic mass is 16.4. The number of benzene rings is 2. The van der Waals surface area contributed by atoms with Crippen molar-refractivity contribution in [3.8, 4) is 11.1 Å². The molecule has 146 valence electrons. The molecule has 0 bridgehead atoms. The lowest BCUT2D eigenvalue weighted by Gasteiger charge is -2.15. The number of unbranched alkanes of at least 4 members (excludes halogenated alkanes) is 1. The number of hydrogen-bond acceptors (Lipinski definition) is 4. The van der Waals surface area contributed by atoms with E-state index < -0.39 is 46.1 Å². The third kappa shape index (κ3) is 4.01. The monoisotopic (exact) mass is 386 g/mol. The molecule has 2 aromatic rings. The van der Waals surface area contributed by atoms with Gasteiger partial charge in [0, 0.05) is 0 Å². The molecule has 0 saturated carbocycles. The third-order valence-electron chi connectivity index (χ3n) is 4.26. The minimum atomic E-state index is -1.83. The van der Waals surface area contributed by atoms with Crippen molar-refractivity contribution in [2.24, 2.45) is 0 Å². The maximum atomic E-state index is 11.8. The van der Waals surface area contributed by atoms with Crippen LogP contribution in [0, 0.1) is 0 Å². The van der Waals surface area contributed by atoms with E-state index in [0.29, 0.717) is 12.0 Å². The molecule has 0 radical (unpaired) electrons. The van der Waals surface area contributed by atoms with E-state index in [4.69, 9.17) is 0 Å². The average Bonchev–Trinajstić information content (AvgIpc) is 2.64. The summed E-state index contributed by atoms with van der Waals surface area (Å²) in [5.74, 6) is -6.99. The molecule has 8 nitrogen and oxygen atoms in total. The predicted octanol–water partition coefficient (Wildman–Crippen LogP) is 3.49. The van der Waals surface area contributed by atoms with Crippen molar-refractivity contribution in [1.82, 2.24) is 0 Å². The maximum Gasteiger partial charge on any atom is 0.337 e. The number of carboxylic acid groups (broad SMARTS) is 4. The van der Waals surface area contributed by atoms with Gasteiger partial charge in [-0.3, -0.25) is 0 Å². The Balaban J connectivity index is 2.91. The summed E-state index contributed by atoms with van der Waals surface area (Å²) in [7, 11) is 0. The minimum Gasteiger partial charge on any atom is -0.478 e. The number of carbonyl (C=O) groups is 4. The van der Waals surface area contributed by atoms with Gasteiger partial charge in [0.2, 0.25) is 0 Å². The zero-order valence-electron chi connectivity index (χ0n) is 14.9. The molecule has 0 amide bonds. The molecule has 0 spiro atoms. The van der Waals surface area contributed by atoms with Gasteiger partial charge in [0.1, 0.15) is 0 Å². The van der Waals surface area contributed by atoms with Crippen LogP contribution in [0.3, 0.4) is 0 Å². The highest BCUT2D eigenvalue weighted by molar-refractivity contribution is 6.16.